The van der Waals surface area contributed by atoms with Gasteiger partial charge in [0.15, 0.2) is 0 Å². The summed E-state index contributed by atoms with van der Waals surface area (Å²) in [4.78, 5) is 34.8. The molecule has 0 N–H and O–H groups in total. The van der Waals surface area contributed by atoms with Crippen LogP contribution in [0.4, 0.5) is 4.39 Å². The first-order chi connectivity index (χ1) is 14.0. The van der Waals surface area contributed by atoms with Crippen LogP contribution in [0.1, 0.15) is 22.2 Å². The lowest BCUT2D eigenvalue weighted by molar-refractivity contribution is -0.0248. The van der Waals surface area contributed by atoms with Crippen molar-refractivity contribution in [3.05, 3.63) is 82.4 Å². The molecule has 29 heavy (non-hydrogen) atoms. The Morgan fingerprint density at radius 1 is 1.24 bits per heavy atom. The number of hydrogen-bond donors (Lipinski definition) is 0. The number of rotatable bonds is 3. The van der Waals surface area contributed by atoms with E-state index in [4.69, 9.17) is 4.74 Å². The molecule has 0 radical (unpaired) electrons. The van der Waals surface area contributed by atoms with Crippen molar-refractivity contribution < 1.29 is 13.9 Å². The van der Waals surface area contributed by atoms with Crippen molar-refractivity contribution in [1.82, 2.24) is 19.4 Å². The normalized spacial score (nSPS) is 16.6. The third kappa shape index (κ3) is 4.07. The average Bonchev–Trinajstić information content (AvgIpc) is 2.75. The Bertz CT molecular complexity index is 1110. The lowest BCUT2D eigenvalue weighted by Crippen LogP contribution is -2.42. The standard InChI is InChI=1S/C21H19FN4O3/c1-25-12-15(5-6-20(25)27)21(28)26-7-8-29-19(13-26)18-11-23-10-17(24-18)14-3-2-4-16(22)9-14/h2-6,9-12,19H,7-8,13H2,1H3. The van der Waals surface area contributed by atoms with Gasteiger partial charge in [0.05, 0.1) is 42.5 Å². The molecule has 7 nitrogen and oxygen atoms in total. The molecule has 3 aromatic rings. The molecule has 1 unspecified atom stereocenters. The van der Waals surface area contributed by atoms with Crippen LogP contribution in [0.5, 0.6) is 0 Å². The largest absolute Gasteiger partial charge is 0.368 e. The third-order valence-corrected chi connectivity index (χ3v) is 4.79. The highest BCUT2D eigenvalue weighted by molar-refractivity contribution is 5.94. The monoisotopic (exact) mass is 394 g/mol. The Kier molecular flexibility index (Phi) is 5.18. The minimum absolute atomic E-state index is 0.175. The van der Waals surface area contributed by atoms with Crippen molar-refractivity contribution in [1.29, 1.82) is 0 Å². The number of pyridine rings is 1. The number of carbonyl (C=O) groups is 1. The molecule has 0 aliphatic carbocycles. The molecule has 1 atom stereocenters. The van der Waals surface area contributed by atoms with Crippen molar-refractivity contribution in [2.45, 2.75) is 6.10 Å². The Morgan fingerprint density at radius 2 is 2.10 bits per heavy atom. The number of carbonyl (C=O) groups excluding carboxylic acids is 1. The summed E-state index contributed by atoms with van der Waals surface area (Å²) in [6.07, 6.45) is 4.24. The highest BCUT2D eigenvalue weighted by Crippen LogP contribution is 2.24. The van der Waals surface area contributed by atoms with Crippen LogP contribution in [0.2, 0.25) is 0 Å². The highest BCUT2D eigenvalue weighted by Gasteiger charge is 2.27. The van der Waals surface area contributed by atoms with Crippen LogP contribution in [-0.4, -0.2) is 45.0 Å². The molecule has 3 heterocycles. The van der Waals surface area contributed by atoms with Crippen LogP contribution in [0.3, 0.4) is 0 Å². The quantitative estimate of drug-likeness (QED) is 0.681. The summed E-state index contributed by atoms with van der Waals surface area (Å²) in [6, 6.07) is 9.04. The number of aromatic nitrogens is 3. The van der Waals surface area contributed by atoms with Gasteiger partial charge in [-0.2, -0.15) is 0 Å². The SMILES string of the molecule is Cn1cc(C(=O)N2CCOC(c3cncc(-c4cccc(F)c4)n3)C2)ccc1=O. The summed E-state index contributed by atoms with van der Waals surface area (Å²) in [5.74, 6) is -0.527. The van der Waals surface area contributed by atoms with Gasteiger partial charge in [-0.1, -0.05) is 12.1 Å². The molecular formula is C21H19FN4O3. The zero-order valence-corrected chi connectivity index (χ0v) is 15.8. The highest BCUT2D eigenvalue weighted by atomic mass is 19.1. The molecule has 1 aliphatic rings. The number of aryl methyl sites for hydroxylation is 1. The van der Waals surface area contributed by atoms with Gasteiger partial charge >= 0.3 is 0 Å². The number of nitrogens with zero attached hydrogens (tertiary/aromatic N) is 4. The average molecular weight is 394 g/mol. The van der Waals surface area contributed by atoms with E-state index < -0.39 is 6.10 Å². The molecule has 1 saturated heterocycles. The first-order valence-electron chi connectivity index (χ1n) is 9.17. The number of hydrogen-bond acceptors (Lipinski definition) is 5. The predicted octanol–water partition coefficient (Wildman–Crippen LogP) is 2.20. The van der Waals surface area contributed by atoms with E-state index in [0.29, 0.717) is 42.2 Å². The van der Waals surface area contributed by atoms with Crippen LogP contribution in [-0.2, 0) is 11.8 Å². The van der Waals surface area contributed by atoms with Gasteiger partial charge < -0.3 is 14.2 Å². The van der Waals surface area contributed by atoms with E-state index in [-0.39, 0.29) is 17.3 Å². The summed E-state index contributed by atoms with van der Waals surface area (Å²) in [5.41, 5.74) is 1.99. The predicted molar refractivity (Wildman–Crippen MR) is 104 cm³/mol. The molecule has 2 aromatic heterocycles. The molecule has 1 aliphatic heterocycles. The second-order valence-electron chi connectivity index (χ2n) is 6.82. The van der Waals surface area contributed by atoms with E-state index in [1.165, 1.54) is 35.0 Å². The van der Waals surface area contributed by atoms with E-state index in [2.05, 4.69) is 9.97 Å². The van der Waals surface area contributed by atoms with Crippen molar-refractivity contribution in [3.8, 4) is 11.3 Å². The van der Waals surface area contributed by atoms with Gasteiger partial charge in [0.2, 0.25) is 5.56 Å². The third-order valence-electron chi connectivity index (χ3n) is 4.79. The molecule has 1 aromatic carbocycles. The van der Waals surface area contributed by atoms with Gasteiger partial charge in [0, 0.05) is 31.4 Å². The summed E-state index contributed by atoms with van der Waals surface area (Å²) >= 11 is 0. The minimum Gasteiger partial charge on any atom is -0.368 e. The second kappa shape index (κ2) is 7.92. The summed E-state index contributed by atoms with van der Waals surface area (Å²) < 4.78 is 20.7. The second-order valence-corrected chi connectivity index (χ2v) is 6.82. The van der Waals surface area contributed by atoms with Crippen LogP contribution >= 0.6 is 0 Å². The van der Waals surface area contributed by atoms with E-state index in [9.17, 15) is 14.0 Å². The van der Waals surface area contributed by atoms with Crippen LogP contribution < -0.4 is 5.56 Å². The Hall–Kier alpha value is -3.39. The van der Waals surface area contributed by atoms with Crippen molar-refractivity contribution in [2.75, 3.05) is 19.7 Å². The van der Waals surface area contributed by atoms with Gasteiger partial charge in [-0.05, 0) is 18.2 Å². The topological polar surface area (TPSA) is 77.3 Å². The molecule has 1 fully saturated rings. The Morgan fingerprint density at radius 3 is 2.90 bits per heavy atom. The van der Waals surface area contributed by atoms with Crippen LogP contribution in [0, 0.1) is 5.82 Å². The van der Waals surface area contributed by atoms with Crippen LogP contribution in [0.25, 0.3) is 11.3 Å². The maximum atomic E-state index is 13.5. The van der Waals surface area contributed by atoms with Gasteiger partial charge in [0.25, 0.3) is 5.91 Å². The first-order valence-corrected chi connectivity index (χ1v) is 9.17. The molecule has 0 spiro atoms. The fraction of sp³-hybridized carbons (Fsp3) is 0.238. The number of benzene rings is 1. The Labute approximate surface area is 166 Å². The van der Waals surface area contributed by atoms with Gasteiger partial charge in [-0.25, -0.2) is 9.37 Å². The summed E-state index contributed by atoms with van der Waals surface area (Å²) in [6.45, 7) is 1.10. The van der Waals surface area contributed by atoms with Crippen molar-refractivity contribution in [3.63, 3.8) is 0 Å². The molecule has 148 valence electrons. The number of ether oxygens (including phenoxy) is 1. The van der Waals surface area contributed by atoms with Gasteiger partial charge in [-0.3, -0.25) is 14.6 Å². The van der Waals surface area contributed by atoms with Crippen LogP contribution in [0.15, 0.2) is 59.8 Å². The molecule has 4 rings (SSSR count). The lowest BCUT2D eigenvalue weighted by atomic mass is 10.1. The zero-order chi connectivity index (χ0) is 20.4. The van der Waals surface area contributed by atoms with E-state index in [1.807, 2.05) is 0 Å². The molecule has 8 heteroatoms. The smallest absolute Gasteiger partial charge is 0.255 e. The van der Waals surface area contributed by atoms with Gasteiger partial charge in [0.1, 0.15) is 11.9 Å². The van der Waals surface area contributed by atoms with E-state index in [1.54, 1.807) is 36.5 Å². The fourth-order valence-electron chi connectivity index (χ4n) is 3.24. The maximum absolute atomic E-state index is 13.5. The number of halogens is 1. The van der Waals surface area contributed by atoms with E-state index in [0.717, 1.165) is 0 Å². The maximum Gasteiger partial charge on any atom is 0.255 e. The molecule has 0 saturated carbocycles. The van der Waals surface area contributed by atoms with E-state index >= 15 is 0 Å². The summed E-state index contributed by atoms with van der Waals surface area (Å²) in [5, 5.41) is 0. The first kappa shape index (κ1) is 18.9. The fourth-order valence-corrected chi connectivity index (χ4v) is 3.24. The zero-order valence-electron chi connectivity index (χ0n) is 15.8. The minimum atomic E-state index is -0.443. The lowest BCUT2D eigenvalue weighted by Gasteiger charge is -2.32. The number of morpholine rings is 1. The Balaban J connectivity index is 1.55. The summed E-state index contributed by atoms with van der Waals surface area (Å²) in [7, 11) is 1.61. The molecule has 0 bridgehead atoms. The molecular weight excluding hydrogens is 375 g/mol. The van der Waals surface area contributed by atoms with Crippen molar-refractivity contribution in [2.24, 2.45) is 7.05 Å². The van der Waals surface area contributed by atoms with Crippen molar-refractivity contribution >= 4 is 5.91 Å². The number of amides is 1. The molecule has 1 amide bonds. The van der Waals surface area contributed by atoms with Gasteiger partial charge in [-0.15, -0.1) is 0 Å².